The number of hydrogen-bond acceptors (Lipinski definition) is 7. The van der Waals surface area contributed by atoms with Gasteiger partial charge in [-0.05, 0) is 54.3 Å². The molecule has 0 radical (unpaired) electrons. The van der Waals surface area contributed by atoms with Gasteiger partial charge in [-0.2, -0.15) is 0 Å². The van der Waals surface area contributed by atoms with E-state index in [-0.39, 0.29) is 25.2 Å². The molecule has 0 saturated carbocycles. The van der Waals surface area contributed by atoms with Crippen LogP contribution in [0.1, 0.15) is 41.2 Å². The second-order valence-electron chi connectivity index (χ2n) is 10.3. The van der Waals surface area contributed by atoms with Crippen LogP contribution in [0.4, 0.5) is 0 Å². The molecule has 2 aliphatic rings. The van der Waals surface area contributed by atoms with E-state index in [1.807, 2.05) is 49.5 Å². The van der Waals surface area contributed by atoms with Crippen molar-refractivity contribution in [2.75, 3.05) is 0 Å². The molecule has 8 heteroatoms. The largest absolute Gasteiger partial charge is 0.458 e. The summed E-state index contributed by atoms with van der Waals surface area (Å²) < 4.78 is 6.85. The molecule has 0 unspecified atom stereocenters. The number of carbonyl (C=O) groups is 1. The normalized spacial score (nSPS) is 17.7. The summed E-state index contributed by atoms with van der Waals surface area (Å²) in [6.45, 7) is 3.91. The highest BCUT2D eigenvalue weighted by atomic mass is 16.6. The topological polar surface area (TPSA) is 115 Å². The lowest BCUT2D eigenvalue weighted by Gasteiger charge is -2.31. The third-order valence-electron chi connectivity index (χ3n) is 8.26. The fourth-order valence-corrected chi connectivity index (χ4v) is 5.97. The van der Waals surface area contributed by atoms with E-state index in [4.69, 9.17) is 14.7 Å². The van der Waals surface area contributed by atoms with Gasteiger partial charge in [0, 0.05) is 33.7 Å². The van der Waals surface area contributed by atoms with Gasteiger partial charge in [0.15, 0.2) is 5.60 Å². The Morgan fingerprint density at radius 1 is 1.03 bits per heavy atom. The third kappa shape index (κ3) is 3.25. The molecule has 2 aromatic carbocycles. The van der Waals surface area contributed by atoms with Crippen molar-refractivity contribution in [3.05, 3.63) is 92.9 Å². The number of carbonyl (C=O) groups excluding carboxylic acids is 1. The number of cyclic esters (lactones) is 1. The van der Waals surface area contributed by atoms with Crippen LogP contribution < -0.4 is 5.56 Å². The zero-order valence-corrected chi connectivity index (χ0v) is 21.5. The number of esters is 1. The maximum Gasteiger partial charge on any atom is 0.343 e. The first kappa shape index (κ1) is 23.7. The maximum atomic E-state index is 13.6. The van der Waals surface area contributed by atoms with Crippen LogP contribution in [0.3, 0.4) is 0 Å². The van der Waals surface area contributed by atoms with Crippen LogP contribution in [0, 0.1) is 6.92 Å². The third-order valence-corrected chi connectivity index (χ3v) is 8.26. The first-order chi connectivity index (χ1) is 18.8. The average molecular weight is 520 g/mol. The Labute approximate surface area is 223 Å². The minimum absolute atomic E-state index is 0.00755. The Bertz CT molecular complexity index is 1930. The summed E-state index contributed by atoms with van der Waals surface area (Å²) >= 11 is 0. The number of hydrogen-bond donors (Lipinski definition) is 2. The number of aromatic nitrogens is 3. The van der Waals surface area contributed by atoms with Gasteiger partial charge in [0.1, 0.15) is 6.61 Å². The highest BCUT2D eigenvalue weighted by Crippen LogP contribution is 2.41. The van der Waals surface area contributed by atoms with Gasteiger partial charge >= 0.3 is 5.97 Å². The zero-order chi connectivity index (χ0) is 27.1. The monoisotopic (exact) mass is 519 g/mol. The summed E-state index contributed by atoms with van der Waals surface area (Å²) in [5.74, 6) is -0.733. The number of aliphatic hydroxyl groups excluding tert-OH is 1. The van der Waals surface area contributed by atoms with Crippen molar-refractivity contribution < 1.29 is 19.7 Å². The fourth-order valence-electron chi connectivity index (χ4n) is 5.97. The quantitative estimate of drug-likeness (QED) is 0.267. The molecule has 39 heavy (non-hydrogen) atoms. The molecule has 3 aromatic heterocycles. The van der Waals surface area contributed by atoms with Crippen LogP contribution >= 0.6 is 0 Å². The standard InChI is InChI=1S/C31H25N3O5/c1-3-31(38)23-11-26-28-21(13-34(26)29(36)22(23)15-39-30(31)37)16(2)27-20-10-19(18-6-4-17(14-35)5-7-18)12-32-24(20)8-9-25(27)33-28/h4-12,35,38H,3,13-15H2,1-2H3/t31-/m0/s1. The fraction of sp³-hybridized carbons (Fsp3) is 0.226. The molecule has 194 valence electrons. The summed E-state index contributed by atoms with van der Waals surface area (Å²) in [6.07, 6.45) is 1.94. The number of aliphatic hydroxyl groups is 2. The Hall–Kier alpha value is -4.40. The molecule has 7 rings (SSSR count). The lowest BCUT2D eigenvalue weighted by molar-refractivity contribution is -0.172. The number of aryl methyl sites for hydroxylation is 1. The van der Waals surface area contributed by atoms with E-state index in [1.165, 1.54) is 0 Å². The van der Waals surface area contributed by atoms with Gasteiger partial charge in [0.05, 0.1) is 41.1 Å². The summed E-state index contributed by atoms with van der Waals surface area (Å²) in [5.41, 5.74) is 6.11. The molecular formula is C31H25N3O5. The van der Waals surface area contributed by atoms with E-state index < -0.39 is 11.6 Å². The predicted octanol–water partition coefficient (Wildman–Crippen LogP) is 4.10. The molecule has 1 atom stereocenters. The molecule has 0 amide bonds. The molecule has 2 aliphatic heterocycles. The highest BCUT2D eigenvalue weighted by molar-refractivity contribution is 6.09. The van der Waals surface area contributed by atoms with Gasteiger partial charge in [-0.1, -0.05) is 31.2 Å². The molecule has 8 nitrogen and oxygen atoms in total. The van der Waals surface area contributed by atoms with Gasteiger partial charge in [0.25, 0.3) is 5.56 Å². The van der Waals surface area contributed by atoms with E-state index in [2.05, 4.69) is 6.07 Å². The van der Waals surface area contributed by atoms with Crippen molar-refractivity contribution in [3.8, 4) is 22.5 Å². The van der Waals surface area contributed by atoms with Gasteiger partial charge in [0.2, 0.25) is 0 Å². The van der Waals surface area contributed by atoms with Crippen LogP contribution in [0.5, 0.6) is 0 Å². The first-order valence-corrected chi connectivity index (χ1v) is 12.9. The Kier molecular flexibility index (Phi) is 5.04. The molecule has 0 bridgehead atoms. The first-order valence-electron chi connectivity index (χ1n) is 12.9. The molecular weight excluding hydrogens is 494 g/mol. The van der Waals surface area contributed by atoms with Crippen LogP contribution in [0.15, 0.2) is 59.5 Å². The van der Waals surface area contributed by atoms with Crippen molar-refractivity contribution in [1.82, 2.24) is 14.5 Å². The van der Waals surface area contributed by atoms with Crippen LogP contribution in [0.25, 0.3) is 44.3 Å². The molecule has 0 fully saturated rings. The van der Waals surface area contributed by atoms with Gasteiger partial charge in [-0.3, -0.25) is 9.78 Å². The lowest BCUT2D eigenvalue weighted by atomic mass is 9.86. The molecule has 0 aliphatic carbocycles. The number of benzene rings is 2. The summed E-state index contributed by atoms with van der Waals surface area (Å²) in [7, 11) is 0. The average Bonchev–Trinajstić information content (AvgIpc) is 3.34. The van der Waals surface area contributed by atoms with Crippen molar-refractivity contribution in [2.24, 2.45) is 0 Å². The van der Waals surface area contributed by atoms with Gasteiger partial charge in [-0.25, -0.2) is 9.78 Å². The second-order valence-corrected chi connectivity index (χ2v) is 10.3. The second kappa shape index (κ2) is 8.30. The number of pyridine rings is 3. The number of rotatable bonds is 3. The van der Waals surface area contributed by atoms with Crippen molar-refractivity contribution in [1.29, 1.82) is 0 Å². The highest BCUT2D eigenvalue weighted by Gasteiger charge is 2.45. The van der Waals surface area contributed by atoms with Crippen molar-refractivity contribution >= 4 is 27.8 Å². The number of fused-ring (bicyclic) bond motifs is 7. The molecule has 0 spiro atoms. The molecule has 2 N–H and O–H groups in total. The summed E-state index contributed by atoms with van der Waals surface area (Å²) in [6, 6.07) is 15.5. The van der Waals surface area contributed by atoms with Gasteiger partial charge in [-0.15, -0.1) is 0 Å². The maximum absolute atomic E-state index is 13.6. The lowest BCUT2D eigenvalue weighted by Crippen LogP contribution is -2.44. The summed E-state index contributed by atoms with van der Waals surface area (Å²) in [4.78, 5) is 35.7. The smallest absolute Gasteiger partial charge is 0.343 e. The molecule has 5 aromatic rings. The van der Waals surface area contributed by atoms with E-state index in [0.717, 1.165) is 49.6 Å². The zero-order valence-electron chi connectivity index (χ0n) is 21.5. The molecule has 0 saturated heterocycles. The van der Waals surface area contributed by atoms with Crippen LogP contribution in [-0.4, -0.2) is 30.7 Å². The van der Waals surface area contributed by atoms with Crippen LogP contribution in [0.2, 0.25) is 0 Å². The van der Waals surface area contributed by atoms with Crippen LogP contribution in [-0.2, 0) is 34.9 Å². The minimum atomic E-state index is -1.86. The van der Waals surface area contributed by atoms with Crippen molar-refractivity contribution in [2.45, 2.75) is 45.6 Å². The van der Waals surface area contributed by atoms with Gasteiger partial charge < -0.3 is 19.5 Å². The number of ether oxygens (including phenoxy) is 1. The van der Waals surface area contributed by atoms with E-state index in [9.17, 15) is 19.8 Å². The predicted molar refractivity (Wildman–Crippen MR) is 146 cm³/mol. The SMILES string of the molecule is CC[C@@]1(O)C(=O)OCc2c1cc1n(c2=O)Cc2c-1nc1ccc3ncc(-c4ccc(CO)cc4)cc3c1c2C. The van der Waals surface area contributed by atoms with E-state index >= 15 is 0 Å². The van der Waals surface area contributed by atoms with E-state index in [0.29, 0.717) is 29.1 Å². The number of nitrogens with zero attached hydrogens (tertiary/aromatic N) is 3. The Morgan fingerprint density at radius 3 is 2.54 bits per heavy atom. The minimum Gasteiger partial charge on any atom is -0.458 e. The van der Waals surface area contributed by atoms with Crippen molar-refractivity contribution in [3.63, 3.8) is 0 Å². The molecule has 5 heterocycles. The Balaban J connectivity index is 1.44. The van der Waals surface area contributed by atoms with E-state index in [1.54, 1.807) is 17.6 Å². The Morgan fingerprint density at radius 2 is 1.79 bits per heavy atom. The summed E-state index contributed by atoms with van der Waals surface area (Å²) in [5, 5.41) is 22.5.